The Kier molecular flexibility index (Phi) is 9.26. The lowest BCUT2D eigenvalue weighted by molar-refractivity contribution is -0.141. The molecule has 3 unspecified atom stereocenters. The van der Waals surface area contributed by atoms with Crippen LogP contribution >= 0.6 is 27.7 Å². The number of hydrogen-bond donors (Lipinski definition) is 1. The summed E-state index contributed by atoms with van der Waals surface area (Å²) in [7, 11) is 0. The predicted octanol–water partition coefficient (Wildman–Crippen LogP) is 5.28. The van der Waals surface area contributed by atoms with Gasteiger partial charge in [-0.2, -0.15) is 0 Å². The summed E-state index contributed by atoms with van der Waals surface area (Å²) in [4.78, 5) is 49.0. The summed E-state index contributed by atoms with van der Waals surface area (Å²) in [6, 6.07) is 14.0. The molecular weight excluding hydrogens is 626 g/mol. The highest BCUT2D eigenvalue weighted by Gasteiger charge is 2.76. The lowest BCUT2D eigenvalue weighted by Crippen LogP contribution is -2.58. The number of rotatable bonds is 11. The molecule has 0 radical (unpaired) electrons. The molecule has 2 aromatic carbocycles. The minimum atomic E-state index is -0.848. The third-order valence-corrected chi connectivity index (χ3v) is 12.4. The van der Waals surface area contributed by atoms with Crippen LogP contribution in [0.5, 0.6) is 0 Å². The Bertz CT molecular complexity index is 1420. The van der Waals surface area contributed by atoms with Gasteiger partial charge in [0.2, 0.25) is 11.8 Å². The van der Waals surface area contributed by atoms with Crippen molar-refractivity contribution in [3.05, 3.63) is 85.0 Å². The average molecular weight is 667 g/mol. The Labute approximate surface area is 267 Å². The number of alkyl halides is 1. The number of carbonyl (C=O) groups is 3. The van der Waals surface area contributed by atoms with E-state index in [1.54, 1.807) is 38.6 Å². The van der Waals surface area contributed by atoms with Gasteiger partial charge in [-0.3, -0.25) is 14.4 Å². The second kappa shape index (κ2) is 12.6. The molecule has 1 N–H and O–H groups in total. The smallest absolute Gasteiger partial charge is 0.251 e. The first-order valence-corrected chi connectivity index (χ1v) is 16.7. The molecular formula is C34H40BrN3O4S. The zero-order valence-corrected chi connectivity index (χ0v) is 27.4. The fourth-order valence-corrected chi connectivity index (χ4v) is 10.9. The van der Waals surface area contributed by atoms with Crippen LogP contribution in [0, 0.1) is 25.7 Å². The van der Waals surface area contributed by atoms with Crippen molar-refractivity contribution in [2.75, 3.05) is 29.5 Å². The van der Waals surface area contributed by atoms with Crippen molar-refractivity contribution in [2.24, 2.45) is 11.8 Å². The van der Waals surface area contributed by atoms with E-state index in [1.165, 1.54) is 0 Å². The number of likely N-dealkylation sites (tertiary alicyclic amines) is 1. The molecule has 3 aliphatic rings. The van der Waals surface area contributed by atoms with E-state index in [4.69, 9.17) is 0 Å². The van der Waals surface area contributed by atoms with Gasteiger partial charge >= 0.3 is 0 Å². The van der Waals surface area contributed by atoms with Gasteiger partial charge in [0.25, 0.3) is 5.91 Å². The number of amides is 3. The molecule has 3 aliphatic heterocycles. The molecule has 9 heteroatoms. The number of thioether (sulfide) groups is 1. The normalized spacial score (nSPS) is 28.0. The number of nitrogens with zero attached hydrogens (tertiary/aromatic N) is 3. The van der Waals surface area contributed by atoms with E-state index in [1.807, 2.05) is 69.3 Å². The van der Waals surface area contributed by atoms with E-state index in [-0.39, 0.29) is 41.0 Å². The van der Waals surface area contributed by atoms with Gasteiger partial charge in [-0.1, -0.05) is 65.3 Å². The monoisotopic (exact) mass is 665 g/mol. The fourth-order valence-electron chi connectivity index (χ4n) is 7.27. The van der Waals surface area contributed by atoms with Gasteiger partial charge in [0.15, 0.2) is 0 Å². The quantitative estimate of drug-likeness (QED) is 0.261. The predicted molar refractivity (Wildman–Crippen MR) is 178 cm³/mol. The lowest BCUT2D eigenvalue weighted by atomic mass is 9.70. The largest absolute Gasteiger partial charge is 0.394 e. The summed E-state index contributed by atoms with van der Waals surface area (Å²) < 4.78 is -0.830. The highest BCUT2D eigenvalue weighted by atomic mass is 79.9. The van der Waals surface area contributed by atoms with Crippen LogP contribution in [0.3, 0.4) is 0 Å². The van der Waals surface area contributed by atoms with E-state index < -0.39 is 28.7 Å². The van der Waals surface area contributed by atoms with Crippen molar-refractivity contribution >= 4 is 56.8 Å². The standard InChI is InChI=1S/C34H40BrN3O4S/c1-6-16-36(24-12-10-9-11-13-24)31(40)27-28-32(41)38(23(8-3)20-39)30(34(28)19-25(35)29(27)43-34)33(42)37(17-7-2)26-18-21(4)14-15-22(26)5/h6-7,9-15,18,23,25,27-30,39H,1-2,8,16-17,19-20H2,3-5H3/t23-,25?,27+,28-,29+,30?,34?/m0/s1. The number of fused-ring (bicyclic) bond motifs is 1. The fraction of sp³-hybridized carbons (Fsp3) is 0.441. The van der Waals surface area contributed by atoms with Crippen molar-refractivity contribution in [1.29, 1.82) is 0 Å². The zero-order valence-electron chi connectivity index (χ0n) is 25.0. The maximum Gasteiger partial charge on any atom is 0.251 e. The first kappa shape index (κ1) is 31.5. The summed E-state index contributed by atoms with van der Waals surface area (Å²) >= 11 is 5.48. The van der Waals surface area contributed by atoms with Crippen molar-refractivity contribution in [3.63, 3.8) is 0 Å². The number of benzene rings is 2. The molecule has 228 valence electrons. The van der Waals surface area contributed by atoms with Crippen LogP contribution < -0.4 is 9.80 Å². The summed E-state index contributed by atoms with van der Waals surface area (Å²) in [5.74, 6) is -1.91. The number of aryl methyl sites for hydroxylation is 2. The minimum Gasteiger partial charge on any atom is -0.394 e. The first-order valence-electron chi connectivity index (χ1n) is 14.9. The van der Waals surface area contributed by atoms with Gasteiger partial charge in [0.05, 0.1) is 29.2 Å². The number of anilines is 2. The number of aliphatic hydroxyl groups is 1. The lowest BCUT2D eigenvalue weighted by Gasteiger charge is -2.40. The molecule has 43 heavy (non-hydrogen) atoms. The van der Waals surface area contributed by atoms with Gasteiger partial charge < -0.3 is 19.8 Å². The molecule has 0 aromatic heterocycles. The molecule has 3 amide bonds. The molecule has 0 aliphatic carbocycles. The molecule has 3 fully saturated rings. The van der Waals surface area contributed by atoms with Crippen molar-refractivity contribution in [1.82, 2.24) is 4.90 Å². The maximum atomic E-state index is 14.9. The topological polar surface area (TPSA) is 81.2 Å². The Morgan fingerprint density at radius 1 is 1.12 bits per heavy atom. The van der Waals surface area contributed by atoms with Crippen LogP contribution in [-0.2, 0) is 14.4 Å². The van der Waals surface area contributed by atoms with Crippen LogP contribution in [0.1, 0.15) is 30.9 Å². The Morgan fingerprint density at radius 2 is 1.79 bits per heavy atom. The second-order valence-electron chi connectivity index (χ2n) is 11.8. The Balaban J connectivity index is 1.63. The van der Waals surface area contributed by atoms with E-state index in [0.717, 1.165) is 22.5 Å². The van der Waals surface area contributed by atoms with Crippen LogP contribution in [0.25, 0.3) is 0 Å². The Morgan fingerprint density at radius 3 is 2.42 bits per heavy atom. The van der Waals surface area contributed by atoms with Gasteiger partial charge in [-0.15, -0.1) is 24.9 Å². The summed E-state index contributed by atoms with van der Waals surface area (Å²) in [6.07, 6.45) is 4.44. The SMILES string of the molecule is C=CCN(C(=O)[C@H]1[C@@H]2SC3(CC2Br)C(C(=O)N(CC=C)c2cc(C)ccc2C)N([C@@H](CC)CO)C(=O)[C@H]13)c1ccccc1. The molecule has 3 heterocycles. The number of halogens is 1. The Hall–Kier alpha value is -2.88. The van der Waals surface area contributed by atoms with Crippen LogP contribution in [0.4, 0.5) is 11.4 Å². The first-order chi connectivity index (χ1) is 20.6. The zero-order chi connectivity index (χ0) is 31.1. The molecule has 0 saturated carbocycles. The summed E-state index contributed by atoms with van der Waals surface area (Å²) in [5.41, 5.74) is 3.48. The van der Waals surface area contributed by atoms with E-state index >= 15 is 0 Å². The van der Waals surface area contributed by atoms with Crippen molar-refractivity contribution < 1.29 is 19.5 Å². The van der Waals surface area contributed by atoms with Crippen molar-refractivity contribution in [3.8, 4) is 0 Å². The summed E-state index contributed by atoms with van der Waals surface area (Å²) in [5, 5.41) is 10.3. The molecule has 3 saturated heterocycles. The molecule has 7 atom stereocenters. The number of hydrogen-bond acceptors (Lipinski definition) is 5. The number of aliphatic hydroxyl groups excluding tert-OH is 1. The maximum absolute atomic E-state index is 14.9. The number of carbonyl (C=O) groups excluding carboxylic acids is 3. The van der Waals surface area contributed by atoms with Gasteiger partial charge in [0, 0.05) is 34.5 Å². The highest BCUT2D eigenvalue weighted by Crippen LogP contribution is 2.68. The molecule has 1 spiro atoms. The van der Waals surface area contributed by atoms with Gasteiger partial charge in [-0.05, 0) is 56.0 Å². The molecule has 5 rings (SSSR count). The summed E-state index contributed by atoms with van der Waals surface area (Å²) in [6.45, 7) is 14.0. The third-order valence-electron chi connectivity index (χ3n) is 9.20. The second-order valence-corrected chi connectivity index (χ2v) is 14.5. The molecule has 2 aromatic rings. The van der Waals surface area contributed by atoms with Gasteiger partial charge in [0.1, 0.15) is 6.04 Å². The molecule has 2 bridgehead atoms. The van der Waals surface area contributed by atoms with Crippen LogP contribution in [-0.4, -0.2) is 74.3 Å². The molecule has 7 nitrogen and oxygen atoms in total. The van der Waals surface area contributed by atoms with E-state index in [9.17, 15) is 19.5 Å². The van der Waals surface area contributed by atoms with Crippen molar-refractivity contribution in [2.45, 2.75) is 60.5 Å². The number of para-hydroxylation sites is 1. The average Bonchev–Trinajstić information content (AvgIpc) is 3.60. The van der Waals surface area contributed by atoms with Gasteiger partial charge in [-0.25, -0.2) is 0 Å². The minimum absolute atomic E-state index is 0.0603. The van der Waals surface area contributed by atoms with Crippen LogP contribution in [0.15, 0.2) is 73.8 Å². The van der Waals surface area contributed by atoms with Crippen LogP contribution in [0.2, 0.25) is 0 Å². The highest BCUT2D eigenvalue weighted by molar-refractivity contribution is 9.09. The third kappa shape index (κ3) is 5.17. The van der Waals surface area contributed by atoms with E-state index in [2.05, 4.69) is 29.1 Å². The van der Waals surface area contributed by atoms with E-state index in [0.29, 0.717) is 19.4 Å².